The fourth-order valence-electron chi connectivity index (χ4n) is 9.76. The third-order valence-corrected chi connectivity index (χ3v) is 14.4. The second kappa shape index (κ2) is 56.4. The van der Waals surface area contributed by atoms with E-state index in [9.17, 15) is 19.8 Å². The van der Waals surface area contributed by atoms with Gasteiger partial charge in [-0.25, -0.2) is 0 Å². The van der Waals surface area contributed by atoms with Crippen molar-refractivity contribution < 1.29 is 24.5 Å². The Morgan fingerprint density at radius 1 is 0.364 bits per heavy atom. The van der Waals surface area contributed by atoms with Crippen molar-refractivity contribution in [3.05, 3.63) is 0 Å². The van der Waals surface area contributed by atoms with Crippen LogP contribution in [0.1, 0.15) is 348 Å². The molecule has 66 heavy (non-hydrogen) atoms. The van der Waals surface area contributed by atoms with Crippen molar-refractivity contribution in [2.75, 3.05) is 13.2 Å². The van der Waals surface area contributed by atoms with Gasteiger partial charge in [-0.3, -0.25) is 9.59 Å². The molecule has 0 aromatic heterocycles. The van der Waals surface area contributed by atoms with Crippen molar-refractivity contribution in [2.24, 2.45) is 0 Å². The number of carbonyl (C=O) groups is 2. The molecule has 0 heterocycles. The normalized spacial score (nSPS) is 12.5. The predicted octanol–water partition coefficient (Wildman–Crippen LogP) is 18.7. The number of nitrogens with one attached hydrogen (secondary N) is 1. The summed E-state index contributed by atoms with van der Waals surface area (Å²) in [6.45, 7) is 4.93. The minimum absolute atomic E-state index is 0.0197. The lowest BCUT2D eigenvalue weighted by Crippen LogP contribution is -2.45. The second-order valence-corrected chi connectivity index (χ2v) is 21.1. The average Bonchev–Trinajstić information content (AvgIpc) is 3.32. The number of hydrogen-bond donors (Lipinski definition) is 3. The molecule has 0 spiro atoms. The Morgan fingerprint density at radius 3 is 0.924 bits per heavy atom. The van der Waals surface area contributed by atoms with Crippen LogP contribution in [0.3, 0.4) is 0 Å². The number of amides is 1. The molecule has 0 aromatic rings. The van der Waals surface area contributed by atoms with Crippen molar-refractivity contribution >= 4 is 11.9 Å². The first-order valence-electron chi connectivity index (χ1n) is 30.3. The third-order valence-electron chi connectivity index (χ3n) is 14.4. The number of unbranched alkanes of at least 4 members (excludes halogenated alkanes) is 46. The fourth-order valence-corrected chi connectivity index (χ4v) is 9.76. The molecule has 1 amide bonds. The summed E-state index contributed by atoms with van der Waals surface area (Å²) in [5.74, 6) is -0.0767. The summed E-state index contributed by atoms with van der Waals surface area (Å²) in [6, 6.07) is -0.561. The molecule has 6 heteroatoms. The molecule has 6 nitrogen and oxygen atoms in total. The smallest absolute Gasteiger partial charge is 0.305 e. The highest BCUT2D eigenvalue weighted by molar-refractivity contribution is 5.76. The highest BCUT2D eigenvalue weighted by atomic mass is 16.5. The van der Waals surface area contributed by atoms with E-state index in [0.29, 0.717) is 25.9 Å². The fraction of sp³-hybridized carbons (Fsp3) is 0.967. The highest BCUT2D eigenvalue weighted by Gasteiger charge is 2.20. The molecule has 2 atom stereocenters. The lowest BCUT2D eigenvalue weighted by Gasteiger charge is -2.22. The number of aliphatic hydroxyl groups is 2. The van der Waals surface area contributed by atoms with Gasteiger partial charge in [0.1, 0.15) is 0 Å². The van der Waals surface area contributed by atoms with Gasteiger partial charge in [0.2, 0.25) is 5.91 Å². The maximum atomic E-state index is 12.5. The maximum absolute atomic E-state index is 12.5. The van der Waals surface area contributed by atoms with E-state index in [4.69, 9.17) is 4.74 Å². The summed E-state index contributed by atoms with van der Waals surface area (Å²) >= 11 is 0. The van der Waals surface area contributed by atoms with Crippen LogP contribution in [0, 0.1) is 0 Å². The standard InChI is InChI=1S/C60H119NO5/c1-3-5-7-9-11-13-15-17-19-21-22-23-24-25-26-27-28-29-31-33-36-40-44-48-52-58(63)57(56-62)61-59(64)53-49-45-41-37-35-39-43-47-51-55-66-60(65)54-50-46-42-38-34-32-30-20-18-16-14-12-10-8-6-4-2/h57-58,62-63H,3-56H2,1-2H3,(H,61,64). The van der Waals surface area contributed by atoms with Gasteiger partial charge >= 0.3 is 5.97 Å². The van der Waals surface area contributed by atoms with E-state index in [1.54, 1.807) is 0 Å². The molecule has 0 saturated carbocycles. The Balaban J connectivity index is 3.44. The number of hydrogen-bond acceptors (Lipinski definition) is 5. The number of esters is 1. The number of ether oxygens (including phenoxy) is 1. The Hall–Kier alpha value is -1.14. The Morgan fingerprint density at radius 2 is 0.621 bits per heavy atom. The molecule has 0 aliphatic rings. The van der Waals surface area contributed by atoms with E-state index in [1.807, 2.05) is 0 Å². The Bertz CT molecular complexity index is 944. The molecule has 0 aliphatic carbocycles. The molecular formula is C60H119NO5. The van der Waals surface area contributed by atoms with Crippen LogP contribution in [-0.4, -0.2) is 47.4 Å². The van der Waals surface area contributed by atoms with E-state index in [0.717, 1.165) is 57.8 Å². The predicted molar refractivity (Wildman–Crippen MR) is 287 cm³/mol. The average molecular weight is 935 g/mol. The second-order valence-electron chi connectivity index (χ2n) is 21.1. The van der Waals surface area contributed by atoms with Crippen LogP contribution in [0.25, 0.3) is 0 Å². The first-order valence-corrected chi connectivity index (χ1v) is 30.3. The zero-order chi connectivity index (χ0) is 47.9. The molecule has 0 aliphatic heterocycles. The van der Waals surface area contributed by atoms with Gasteiger partial charge in [-0.1, -0.05) is 309 Å². The van der Waals surface area contributed by atoms with Crippen LogP contribution in [0.5, 0.6) is 0 Å². The van der Waals surface area contributed by atoms with Gasteiger partial charge < -0.3 is 20.3 Å². The maximum Gasteiger partial charge on any atom is 0.305 e. The monoisotopic (exact) mass is 934 g/mol. The number of carbonyl (C=O) groups excluding carboxylic acids is 2. The minimum Gasteiger partial charge on any atom is -0.466 e. The third kappa shape index (κ3) is 52.2. The van der Waals surface area contributed by atoms with Crippen molar-refractivity contribution in [3.8, 4) is 0 Å². The van der Waals surface area contributed by atoms with E-state index < -0.39 is 12.1 Å². The summed E-state index contributed by atoms with van der Waals surface area (Å²) in [5.41, 5.74) is 0. The largest absolute Gasteiger partial charge is 0.466 e. The molecule has 0 aromatic carbocycles. The van der Waals surface area contributed by atoms with Crippen LogP contribution < -0.4 is 5.32 Å². The van der Waals surface area contributed by atoms with E-state index in [1.165, 1.54) is 257 Å². The molecule has 2 unspecified atom stereocenters. The summed E-state index contributed by atoms with van der Waals surface area (Å²) in [7, 11) is 0. The van der Waals surface area contributed by atoms with E-state index in [-0.39, 0.29) is 18.5 Å². The first-order chi connectivity index (χ1) is 32.5. The van der Waals surface area contributed by atoms with Gasteiger partial charge in [-0.05, 0) is 25.7 Å². The highest BCUT2D eigenvalue weighted by Crippen LogP contribution is 2.18. The molecule has 0 rings (SSSR count). The zero-order valence-electron chi connectivity index (χ0n) is 45.0. The first kappa shape index (κ1) is 64.9. The molecule has 0 bridgehead atoms. The van der Waals surface area contributed by atoms with Crippen LogP contribution >= 0.6 is 0 Å². The van der Waals surface area contributed by atoms with Crippen molar-refractivity contribution in [2.45, 2.75) is 360 Å². The Labute approximate surface area is 413 Å². The summed E-state index contributed by atoms with van der Waals surface area (Å²) in [6.07, 6.45) is 65.3. The van der Waals surface area contributed by atoms with Gasteiger partial charge in [-0.2, -0.15) is 0 Å². The summed E-state index contributed by atoms with van der Waals surface area (Å²) in [5, 5.41) is 23.3. The van der Waals surface area contributed by atoms with Crippen LogP contribution in [-0.2, 0) is 14.3 Å². The van der Waals surface area contributed by atoms with Crippen molar-refractivity contribution in [3.63, 3.8) is 0 Å². The number of rotatable bonds is 57. The van der Waals surface area contributed by atoms with E-state index in [2.05, 4.69) is 19.2 Å². The van der Waals surface area contributed by atoms with Gasteiger partial charge in [-0.15, -0.1) is 0 Å². The Kier molecular flexibility index (Phi) is 55.5. The molecule has 0 radical (unpaired) electrons. The van der Waals surface area contributed by atoms with Crippen LogP contribution in [0.2, 0.25) is 0 Å². The summed E-state index contributed by atoms with van der Waals surface area (Å²) in [4.78, 5) is 24.6. The molecule has 0 fully saturated rings. The van der Waals surface area contributed by atoms with Crippen molar-refractivity contribution in [1.82, 2.24) is 5.32 Å². The molecule has 394 valence electrons. The lowest BCUT2D eigenvalue weighted by molar-refractivity contribution is -0.143. The minimum atomic E-state index is -0.681. The van der Waals surface area contributed by atoms with Crippen LogP contribution in [0.4, 0.5) is 0 Å². The zero-order valence-corrected chi connectivity index (χ0v) is 45.0. The molecule has 3 N–H and O–H groups in total. The summed E-state index contributed by atoms with van der Waals surface area (Å²) < 4.78 is 5.47. The molecule has 0 saturated heterocycles. The van der Waals surface area contributed by atoms with Gasteiger partial charge in [0.05, 0.1) is 25.4 Å². The number of aliphatic hydroxyl groups excluding tert-OH is 2. The van der Waals surface area contributed by atoms with Crippen molar-refractivity contribution in [1.29, 1.82) is 0 Å². The van der Waals surface area contributed by atoms with Gasteiger partial charge in [0.25, 0.3) is 0 Å². The van der Waals surface area contributed by atoms with Crippen LogP contribution in [0.15, 0.2) is 0 Å². The van der Waals surface area contributed by atoms with Gasteiger partial charge in [0.15, 0.2) is 0 Å². The SMILES string of the molecule is CCCCCCCCCCCCCCCCCCCCCCCCCCC(O)C(CO)NC(=O)CCCCCCCCCCCOC(=O)CCCCCCCCCCCCCCCCCC. The van der Waals surface area contributed by atoms with E-state index >= 15 is 0 Å². The lowest BCUT2D eigenvalue weighted by atomic mass is 10.0. The van der Waals surface area contributed by atoms with Gasteiger partial charge in [0, 0.05) is 12.8 Å². The molecular weight excluding hydrogens is 815 g/mol. The quantitative estimate of drug-likeness (QED) is 0.0417. The topological polar surface area (TPSA) is 95.9 Å².